The number of aromatic hydroxyl groups is 1. The largest absolute Gasteiger partial charge is 0.507 e. The van der Waals surface area contributed by atoms with E-state index < -0.39 is 27.8 Å². The van der Waals surface area contributed by atoms with Crippen LogP contribution < -0.4 is 10.6 Å². The molecule has 0 fully saturated rings. The molecule has 4 N–H and O–H groups in total. The van der Waals surface area contributed by atoms with E-state index in [1.54, 1.807) is 24.3 Å². The number of non-ortho nitro benzene ring substituents is 1. The fraction of sp³-hybridized carbons (Fsp3) is 0.125. The number of rotatable bonds is 9. The number of carboxylic acid groups (broad SMARTS) is 1. The van der Waals surface area contributed by atoms with Crippen LogP contribution in [0.15, 0.2) is 71.6 Å². The third kappa shape index (κ3) is 6.58. The first-order chi connectivity index (χ1) is 16.7. The van der Waals surface area contributed by atoms with E-state index >= 15 is 0 Å². The molecule has 10 nitrogen and oxygen atoms in total. The second-order valence-corrected chi connectivity index (χ2v) is 8.60. The number of carboxylic acids is 1. The molecule has 0 saturated carbocycles. The summed E-state index contributed by atoms with van der Waals surface area (Å²) >= 11 is 1.27. The molecule has 0 spiro atoms. The van der Waals surface area contributed by atoms with Crippen LogP contribution in [0.25, 0.3) is 0 Å². The lowest BCUT2D eigenvalue weighted by molar-refractivity contribution is -0.384. The summed E-state index contributed by atoms with van der Waals surface area (Å²) in [6.45, 7) is 1.83. The number of nitro groups is 1. The number of carbonyl (C=O) groups excluding carboxylic acids is 2. The topological polar surface area (TPSA) is 159 Å². The molecular weight excluding hydrogens is 474 g/mol. The van der Waals surface area contributed by atoms with Crippen molar-refractivity contribution in [3.63, 3.8) is 0 Å². The van der Waals surface area contributed by atoms with Crippen molar-refractivity contribution in [3.05, 3.63) is 88.0 Å². The third-order valence-corrected chi connectivity index (χ3v) is 6.23. The highest BCUT2D eigenvalue weighted by Gasteiger charge is 2.20. The van der Waals surface area contributed by atoms with E-state index in [1.165, 1.54) is 54.2 Å². The van der Waals surface area contributed by atoms with Gasteiger partial charge in [0.05, 0.1) is 10.2 Å². The quantitative estimate of drug-likeness (QED) is 0.143. The van der Waals surface area contributed by atoms with E-state index in [4.69, 9.17) is 5.11 Å². The molecule has 0 aliphatic rings. The number of nitrogens with zero attached hydrogens (tertiary/aromatic N) is 1. The fourth-order valence-corrected chi connectivity index (χ4v) is 4.09. The first-order valence-electron chi connectivity index (χ1n) is 10.4. The molecular formula is C24H21N3O7S. The third-order valence-electron chi connectivity index (χ3n) is 4.87. The van der Waals surface area contributed by atoms with Gasteiger partial charge in [0.1, 0.15) is 11.3 Å². The second kappa shape index (κ2) is 11.2. The zero-order valence-corrected chi connectivity index (χ0v) is 19.2. The number of amides is 2. The van der Waals surface area contributed by atoms with E-state index in [2.05, 4.69) is 10.6 Å². The number of carbonyl (C=O) groups is 3. The van der Waals surface area contributed by atoms with Gasteiger partial charge in [0.25, 0.3) is 11.6 Å². The van der Waals surface area contributed by atoms with Crippen LogP contribution in [0.3, 0.4) is 0 Å². The number of nitrogens with one attached hydrogen (secondary N) is 2. The molecule has 0 aromatic heterocycles. The van der Waals surface area contributed by atoms with E-state index in [0.717, 1.165) is 0 Å². The molecule has 11 heteroatoms. The normalized spacial score (nSPS) is 11.3. The maximum Gasteiger partial charge on any atom is 0.339 e. The maximum absolute atomic E-state index is 12.8. The van der Waals surface area contributed by atoms with Crippen LogP contribution in [0.4, 0.5) is 17.1 Å². The molecule has 35 heavy (non-hydrogen) atoms. The molecule has 1 unspecified atom stereocenters. The Morgan fingerprint density at radius 2 is 1.69 bits per heavy atom. The Labute approximate surface area is 204 Å². The molecule has 0 aliphatic heterocycles. The summed E-state index contributed by atoms with van der Waals surface area (Å²) in [5.41, 5.74) is 0.552. The Bertz CT molecular complexity index is 1280. The van der Waals surface area contributed by atoms with Crippen molar-refractivity contribution in [2.75, 3.05) is 10.6 Å². The van der Waals surface area contributed by atoms with Crippen LogP contribution in [0.1, 0.15) is 34.1 Å². The minimum atomic E-state index is -1.31. The van der Waals surface area contributed by atoms with Gasteiger partial charge in [0, 0.05) is 34.0 Å². The number of hydrogen-bond acceptors (Lipinski definition) is 7. The van der Waals surface area contributed by atoms with Crippen molar-refractivity contribution in [2.24, 2.45) is 0 Å². The summed E-state index contributed by atoms with van der Waals surface area (Å²) in [4.78, 5) is 47.4. The number of phenols is 1. The molecule has 3 rings (SSSR count). The SMILES string of the molecule is CCC(Sc1cccc(NC(=O)c2ccc([N+](=O)[O-])cc2)c1)C(=O)Nc1ccc(O)c(C(=O)O)c1. The van der Waals surface area contributed by atoms with Gasteiger partial charge in [-0.15, -0.1) is 11.8 Å². The van der Waals surface area contributed by atoms with Crippen molar-refractivity contribution >= 4 is 46.6 Å². The molecule has 0 radical (unpaired) electrons. The van der Waals surface area contributed by atoms with Gasteiger partial charge in [-0.2, -0.15) is 0 Å². The molecule has 3 aromatic carbocycles. The Morgan fingerprint density at radius 3 is 2.31 bits per heavy atom. The number of thioether (sulfide) groups is 1. The van der Waals surface area contributed by atoms with Crippen molar-refractivity contribution < 1.29 is 29.5 Å². The van der Waals surface area contributed by atoms with E-state index in [1.807, 2.05) is 6.92 Å². The smallest absolute Gasteiger partial charge is 0.339 e. The summed E-state index contributed by atoms with van der Waals surface area (Å²) in [6.07, 6.45) is 0.472. The first kappa shape index (κ1) is 25.2. The molecule has 180 valence electrons. The van der Waals surface area contributed by atoms with Crippen molar-refractivity contribution in [2.45, 2.75) is 23.5 Å². The minimum Gasteiger partial charge on any atom is -0.507 e. The number of benzene rings is 3. The van der Waals surface area contributed by atoms with Crippen LogP contribution in [0, 0.1) is 10.1 Å². The Kier molecular flexibility index (Phi) is 8.05. The lowest BCUT2D eigenvalue weighted by Crippen LogP contribution is -2.24. The summed E-state index contributed by atoms with van der Waals surface area (Å²) in [6, 6.07) is 15.9. The second-order valence-electron chi connectivity index (χ2n) is 7.33. The van der Waals surface area contributed by atoms with Crippen LogP contribution in [0.5, 0.6) is 5.75 Å². The van der Waals surface area contributed by atoms with Gasteiger partial charge in [-0.05, 0) is 55.0 Å². The van der Waals surface area contributed by atoms with Crippen LogP contribution in [0.2, 0.25) is 0 Å². The van der Waals surface area contributed by atoms with Gasteiger partial charge in [-0.3, -0.25) is 19.7 Å². The molecule has 2 amide bonds. The fourth-order valence-electron chi connectivity index (χ4n) is 3.08. The minimum absolute atomic E-state index is 0.115. The highest BCUT2D eigenvalue weighted by Crippen LogP contribution is 2.29. The number of hydrogen-bond donors (Lipinski definition) is 4. The number of anilines is 2. The summed E-state index contributed by atoms with van der Waals surface area (Å²) in [7, 11) is 0. The van der Waals surface area contributed by atoms with E-state index in [9.17, 15) is 29.6 Å². The standard InChI is InChI=1S/C24H21N3O7S/c1-2-21(23(30)26-16-8-11-20(28)19(13-16)24(31)32)35-18-5-3-4-15(12-18)25-22(29)14-6-9-17(10-7-14)27(33)34/h3-13,21,28H,2H2,1H3,(H,25,29)(H,26,30)(H,31,32). The Balaban J connectivity index is 1.67. The zero-order chi connectivity index (χ0) is 25.5. The summed E-state index contributed by atoms with van der Waals surface area (Å²) < 4.78 is 0. The van der Waals surface area contributed by atoms with Gasteiger partial charge in [0.2, 0.25) is 5.91 Å². The van der Waals surface area contributed by atoms with E-state index in [0.29, 0.717) is 17.0 Å². The summed E-state index contributed by atoms with van der Waals surface area (Å²) in [5.74, 6) is -2.50. The Morgan fingerprint density at radius 1 is 1.00 bits per heavy atom. The van der Waals surface area contributed by atoms with Crippen LogP contribution >= 0.6 is 11.8 Å². The predicted molar refractivity (Wildman–Crippen MR) is 131 cm³/mol. The molecule has 0 bridgehead atoms. The molecule has 0 saturated heterocycles. The first-order valence-corrected chi connectivity index (χ1v) is 11.3. The van der Waals surface area contributed by atoms with E-state index in [-0.39, 0.29) is 28.4 Å². The predicted octanol–water partition coefficient (Wildman–Crippen LogP) is 4.76. The monoisotopic (exact) mass is 495 g/mol. The van der Waals surface area contributed by atoms with Crippen molar-refractivity contribution in [1.82, 2.24) is 0 Å². The summed E-state index contributed by atoms with van der Waals surface area (Å²) in [5, 5.41) is 34.4. The number of aromatic carboxylic acids is 1. The maximum atomic E-state index is 12.8. The molecule has 0 heterocycles. The van der Waals surface area contributed by atoms with Gasteiger partial charge >= 0.3 is 5.97 Å². The van der Waals surface area contributed by atoms with Gasteiger partial charge in [0.15, 0.2) is 0 Å². The van der Waals surface area contributed by atoms with Gasteiger partial charge in [-0.1, -0.05) is 13.0 Å². The number of nitro benzene ring substituents is 1. The molecule has 0 aliphatic carbocycles. The average molecular weight is 496 g/mol. The Hall–Kier alpha value is -4.38. The van der Waals surface area contributed by atoms with Crippen molar-refractivity contribution in [3.8, 4) is 5.75 Å². The van der Waals surface area contributed by atoms with Crippen LogP contribution in [-0.4, -0.2) is 38.2 Å². The zero-order valence-electron chi connectivity index (χ0n) is 18.4. The molecule has 3 aromatic rings. The van der Waals surface area contributed by atoms with Crippen LogP contribution in [-0.2, 0) is 4.79 Å². The highest BCUT2D eigenvalue weighted by molar-refractivity contribution is 8.00. The lowest BCUT2D eigenvalue weighted by Gasteiger charge is -2.16. The van der Waals surface area contributed by atoms with Gasteiger partial charge in [-0.25, -0.2) is 4.79 Å². The average Bonchev–Trinajstić information content (AvgIpc) is 2.83. The van der Waals surface area contributed by atoms with Gasteiger partial charge < -0.3 is 20.8 Å². The lowest BCUT2D eigenvalue weighted by atomic mass is 10.1. The molecule has 1 atom stereocenters. The van der Waals surface area contributed by atoms with Crippen molar-refractivity contribution in [1.29, 1.82) is 0 Å². The highest BCUT2D eigenvalue weighted by atomic mass is 32.2.